The number of benzene rings is 18. The highest BCUT2D eigenvalue weighted by Gasteiger charge is 2.22. The molecule has 25 rings (SSSR count). The molecule has 8 nitrogen and oxygen atoms in total. The third kappa shape index (κ3) is 9.58. The molecule has 0 amide bonds. The van der Waals surface area contributed by atoms with Gasteiger partial charge in [-0.1, -0.05) is 218 Å². The van der Waals surface area contributed by atoms with E-state index in [1.54, 1.807) is 0 Å². The van der Waals surface area contributed by atoms with E-state index in [2.05, 4.69) is 347 Å². The second kappa shape index (κ2) is 24.1. The summed E-state index contributed by atoms with van der Waals surface area (Å²) in [5.41, 5.74) is 27.9. The molecular formula is C106H61N5O3. The molecule has 25 aromatic rings. The van der Waals surface area contributed by atoms with Crippen molar-refractivity contribution in [2.45, 2.75) is 0 Å². The molecule has 0 atom stereocenters. The van der Waals surface area contributed by atoms with E-state index in [0.29, 0.717) is 5.82 Å². The molecule has 0 bridgehead atoms. The Hall–Kier alpha value is -15.4. The number of hydrogen-bond donors (Lipinski definition) is 0. The maximum atomic E-state index is 6.40. The molecule has 0 saturated carbocycles. The zero-order chi connectivity index (χ0) is 74.4. The van der Waals surface area contributed by atoms with Gasteiger partial charge in [0.25, 0.3) is 0 Å². The van der Waals surface area contributed by atoms with E-state index in [4.69, 9.17) is 23.2 Å². The van der Waals surface area contributed by atoms with Gasteiger partial charge in [0.05, 0.1) is 44.3 Å². The SMILES string of the molecule is c1ccc2c(c1)oc1cc(-c3ccc4c5ccccc5n(-c5ccc(-c6ccc7nc(-c8ccc9cc(-n%10c%11ccccc%11c%11ccc(-c%12ccc%13c(c%12)oc%12ccccc%12%13)cc%11%10)ccc9c8)nc(-c8ccc9cc(-n%10c%11ccccc%11c%11ccc(-c%12ccc%13c(c%12)oc%12ccccc%12%13)cc%11%10)ccc9c8)c7c6)cc5)c4c3)ccc12. The van der Waals surface area contributed by atoms with Crippen molar-refractivity contribution in [2.75, 3.05) is 0 Å². The Morgan fingerprint density at radius 2 is 0.482 bits per heavy atom. The Kier molecular flexibility index (Phi) is 13.2. The van der Waals surface area contributed by atoms with Crippen molar-refractivity contribution in [1.82, 2.24) is 23.7 Å². The minimum absolute atomic E-state index is 0.652. The van der Waals surface area contributed by atoms with Crippen LogP contribution >= 0.6 is 0 Å². The van der Waals surface area contributed by atoms with Gasteiger partial charge in [-0.2, -0.15) is 0 Å². The first kappa shape index (κ1) is 62.5. The first-order valence-corrected chi connectivity index (χ1v) is 38.8. The van der Waals surface area contributed by atoms with Crippen molar-refractivity contribution in [3.8, 4) is 84.2 Å². The van der Waals surface area contributed by atoms with Gasteiger partial charge in [-0.15, -0.1) is 0 Å². The molecule has 0 aliphatic heterocycles. The quantitative estimate of drug-likeness (QED) is 0.144. The summed E-state index contributed by atoms with van der Waals surface area (Å²) in [4.78, 5) is 11.2. The topological polar surface area (TPSA) is 80.0 Å². The Balaban J connectivity index is 0.600. The molecule has 18 aromatic carbocycles. The van der Waals surface area contributed by atoms with Crippen molar-refractivity contribution in [3.63, 3.8) is 0 Å². The van der Waals surface area contributed by atoms with E-state index < -0.39 is 0 Å². The average Bonchev–Trinajstić information content (AvgIpc) is 1.58. The molecule has 0 saturated heterocycles. The number of rotatable bonds is 9. The van der Waals surface area contributed by atoms with E-state index in [9.17, 15) is 0 Å². The molecule has 0 aliphatic rings. The lowest BCUT2D eigenvalue weighted by Crippen LogP contribution is -1.97. The van der Waals surface area contributed by atoms with Gasteiger partial charge in [0.15, 0.2) is 5.82 Å². The van der Waals surface area contributed by atoms with Crippen LogP contribution in [-0.2, 0) is 0 Å². The molecule has 7 heterocycles. The van der Waals surface area contributed by atoms with Crippen LogP contribution in [0, 0.1) is 0 Å². The summed E-state index contributed by atoms with van der Waals surface area (Å²) in [7, 11) is 0. The summed E-state index contributed by atoms with van der Waals surface area (Å²) in [6.45, 7) is 0. The molecule has 0 fully saturated rings. The van der Waals surface area contributed by atoms with Gasteiger partial charge in [0.1, 0.15) is 33.5 Å². The van der Waals surface area contributed by atoms with Crippen LogP contribution in [0.1, 0.15) is 0 Å². The van der Waals surface area contributed by atoms with Crippen LogP contribution in [0.2, 0.25) is 0 Å². The third-order valence-electron chi connectivity index (χ3n) is 24.0. The molecule has 0 N–H and O–H groups in total. The van der Waals surface area contributed by atoms with Crippen LogP contribution in [0.3, 0.4) is 0 Å². The highest BCUT2D eigenvalue weighted by Crippen LogP contribution is 2.45. The maximum Gasteiger partial charge on any atom is 0.160 e. The summed E-state index contributed by atoms with van der Waals surface area (Å²) >= 11 is 0. The molecule has 0 spiro atoms. The number of aromatic nitrogens is 5. The molecule has 114 heavy (non-hydrogen) atoms. The predicted molar refractivity (Wildman–Crippen MR) is 472 cm³/mol. The number of fused-ring (bicyclic) bond motifs is 21. The van der Waals surface area contributed by atoms with Crippen LogP contribution < -0.4 is 0 Å². The fourth-order valence-corrected chi connectivity index (χ4v) is 18.5. The Bertz CT molecular complexity index is 8450. The third-order valence-corrected chi connectivity index (χ3v) is 24.0. The normalized spacial score (nSPS) is 12.2. The minimum Gasteiger partial charge on any atom is -0.456 e. The second-order valence-corrected chi connectivity index (χ2v) is 30.3. The van der Waals surface area contributed by atoms with Gasteiger partial charge in [-0.25, -0.2) is 9.97 Å². The van der Waals surface area contributed by atoms with Crippen LogP contribution in [0.5, 0.6) is 0 Å². The maximum absolute atomic E-state index is 6.40. The summed E-state index contributed by atoms with van der Waals surface area (Å²) in [5.74, 6) is 0.652. The first-order chi connectivity index (χ1) is 56.4. The lowest BCUT2D eigenvalue weighted by atomic mass is 9.98. The van der Waals surface area contributed by atoms with Crippen molar-refractivity contribution < 1.29 is 13.3 Å². The van der Waals surface area contributed by atoms with Crippen molar-refractivity contribution in [3.05, 3.63) is 370 Å². The van der Waals surface area contributed by atoms with Crippen LogP contribution in [0.15, 0.2) is 383 Å². The molecular weight excluding hydrogens is 1390 g/mol. The largest absolute Gasteiger partial charge is 0.456 e. The highest BCUT2D eigenvalue weighted by atomic mass is 16.3. The number of nitrogens with zero attached hydrogens (tertiary/aromatic N) is 5. The number of para-hydroxylation sites is 6. The minimum atomic E-state index is 0.652. The Morgan fingerprint density at radius 1 is 0.175 bits per heavy atom. The van der Waals surface area contributed by atoms with Gasteiger partial charge in [0.2, 0.25) is 0 Å². The van der Waals surface area contributed by atoms with Crippen molar-refractivity contribution in [1.29, 1.82) is 0 Å². The van der Waals surface area contributed by atoms with E-state index in [-0.39, 0.29) is 0 Å². The summed E-state index contributed by atoms with van der Waals surface area (Å²) < 4.78 is 26.4. The lowest BCUT2D eigenvalue weighted by molar-refractivity contribution is 0.668. The van der Waals surface area contributed by atoms with Gasteiger partial charge < -0.3 is 27.0 Å². The summed E-state index contributed by atoms with van der Waals surface area (Å²) in [6.07, 6.45) is 0. The van der Waals surface area contributed by atoms with E-state index in [1.807, 2.05) is 36.4 Å². The van der Waals surface area contributed by atoms with Gasteiger partial charge in [0, 0.05) is 98.2 Å². The number of hydrogen-bond acceptors (Lipinski definition) is 5. The summed E-state index contributed by atoms with van der Waals surface area (Å²) in [5, 5.41) is 19.3. The Morgan fingerprint density at radius 3 is 0.939 bits per heavy atom. The molecule has 8 heteroatoms. The van der Waals surface area contributed by atoms with Crippen LogP contribution in [0.4, 0.5) is 0 Å². The first-order valence-electron chi connectivity index (χ1n) is 38.8. The molecule has 0 aliphatic carbocycles. The fourth-order valence-electron chi connectivity index (χ4n) is 18.5. The molecule has 7 aromatic heterocycles. The monoisotopic (exact) mass is 1450 g/mol. The zero-order valence-corrected chi connectivity index (χ0v) is 61.2. The van der Waals surface area contributed by atoms with Gasteiger partial charge in [-0.05, 0) is 218 Å². The predicted octanol–water partition coefficient (Wildman–Crippen LogP) is 28.9. The van der Waals surface area contributed by atoms with E-state index in [1.165, 1.54) is 32.3 Å². The molecule has 0 unspecified atom stereocenters. The lowest BCUT2D eigenvalue weighted by Gasteiger charge is -2.14. The smallest absolute Gasteiger partial charge is 0.160 e. The molecule has 0 radical (unpaired) electrons. The van der Waals surface area contributed by atoms with Gasteiger partial charge >= 0.3 is 0 Å². The number of furan rings is 3. The van der Waals surface area contributed by atoms with Crippen LogP contribution in [-0.4, -0.2) is 23.7 Å². The highest BCUT2D eigenvalue weighted by molar-refractivity contribution is 6.15. The van der Waals surface area contributed by atoms with E-state index in [0.717, 1.165) is 210 Å². The van der Waals surface area contributed by atoms with Crippen molar-refractivity contribution >= 4 is 164 Å². The van der Waals surface area contributed by atoms with Gasteiger partial charge in [-0.3, -0.25) is 0 Å². The van der Waals surface area contributed by atoms with Crippen molar-refractivity contribution in [2.24, 2.45) is 0 Å². The average molecular weight is 1450 g/mol. The van der Waals surface area contributed by atoms with E-state index >= 15 is 0 Å². The standard InChI is InChI=1S/C106H61N5O3/c1-7-19-93-79(13-1)82-44-33-68(71-36-47-88-85-16-4-10-22-99(85)112-102(88)59-71)56-96(82)109(93)76-40-29-62(30-41-76)67-39-50-92-91(55-67)105(74-27-25-65-53-77(42-31-63(65)51-74)110-94-20-8-2-14-80(94)83-45-34-69(57-97(83)110)72-37-48-89-86-17-5-11-23-100(86)113-103(89)60-72)108-106(107-92)75-28-26-66-54-78(43-32-64(66)52-75)111-95-21-9-3-15-81(95)84-46-35-70(58-98(84)111)73-38-49-90-87-18-6-12-24-101(87)114-104(90)61-73/h1-61H. The fraction of sp³-hybridized carbons (Fsp3) is 0. The van der Waals surface area contributed by atoms with Crippen LogP contribution in [0.25, 0.3) is 248 Å². The zero-order valence-electron chi connectivity index (χ0n) is 61.2. The summed E-state index contributed by atoms with van der Waals surface area (Å²) in [6, 6.07) is 134. The molecule has 528 valence electrons. The second-order valence-electron chi connectivity index (χ2n) is 30.3. The Labute approximate surface area is 650 Å².